The van der Waals surface area contributed by atoms with E-state index in [1.165, 1.54) is 30.8 Å². The zero-order valence-corrected chi connectivity index (χ0v) is 14.8. The molecule has 0 radical (unpaired) electrons. The second-order valence-electron chi connectivity index (χ2n) is 5.55. The number of methoxy groups -OCH3 is 1. The van der Waals surface area contributed by atoms with E-state index in [1.54, 1.807) is 11.1 Å². The number of ether oxygens (including phenoxy) is 1. The van der Waals surface area contributed by atoms with Crippen molar-refractivity contribution in [3.8, 4) is 10.4 Å². The fraction of sp³-hybridized carbons (Fsp3) is 0.500. The van der Waals surface area contributed by atoms with Crippen molar-refractivity contribution in [1.29, 1.82) is 0 Å². The third-order valence-corrected chi connectivity index (χ3v) is 4.93. The quantitative estimate of drug-likeness (QED) is 0.662. The lowest BCUT2D eigenvalue weighted by Gasteiger charge is -2.05. The van der Waals surface area contributed by atoms with Gasteiger partial charge in [0, 0.05) is 13.7 Å². The van der Waals surface area contributed by atoms with Gasteiger partial charge in [0.25, 0.3) is 5.56 Å². The highest BCUT2D eigenvalue weighted by molar-refractivity contribution is 7.10. The number of benzene rings is 1. The molecule has 0 unspecified atom stereocenters. The molecule has 0 spiro atoms. The lowest BCUT2D eigenvalue weighted by Crippen LogP contribution is -2.19. The van der Waals surface area contributed by atoms with Crippen LogP contribution in [0.1, 0.15) is 32.6 Å². The minimum absolute atomic E-state index is 0.0568. The van der Waals surface area contributed by atoms with Gasteiger partial charge >= 0.3 is 0 Å². The second kappa shape index (κ2) is 9.53. The highest BCUT2D eigenvalue weighted by Crippen LogP contribution is 2.30. The molecule has 0 saturated heterocycles. The second-order valence-corrected chi connectivity index (χ2v) is 6.58. The van der Waals surface area contributed by atoms with Gasteiger partial charge in [0.1, 0.15) is 5.69 Å². The van der Waals surface area contributed by atoms with E-state index >= 15 is 0 Å². The maximum absolute atomic E-state index is 12.6. The molecule has 0 bridgehead atoms. The Morgan fingerprint density at radius 2 is 1.96 bits per heavy atom. The maximum Gasteiger partial charge on any atom is 0.284 e. The molecule has 5 heteroatoms. The van der Waals surface area contributed by atoms with E-state index in [2.05, 4.69) is 12.2 Å². The van der Waals surface area contributed by atoms with Gasteiger partial charge in [0.15, 0.2) is 0 Å². The first-order valence-electron chi connectivity index (χ1n) is 8.30. The van der Waals surface area contributed by atoms with Gasteiger partial charge in [-0.25, -0.2) is 0 Å². The summed E-state index contributed by atoms with van der Waals surface area (Å²) in [4.78, 5) is 13.7. The van der Waals surface area contributed by atoms with Crippen LogP contribution in [-0.4, -0.2) is 24.2 Å². The molecule has 0 fully saturated rings. The van der Waals surface area contributed by atoms with Crippen LogP contribution in [0, 0.1) is 0 Å². The summed E-state index contributed by atoms with van der Waals surface area (Å²) in [7, 11) is 1.66. The molecule has 1 heterocycles. The third kappa shape index (κ3) is 4.94. The van der Waals surface area contributed by atoms with Gasteiger partial charge in [-0.05, 0) is 12.0 Å². The van der Waals surface area contributed by atoms with E-state index in [9.17, 15) is 4.79 Å². The summed E-state index contributed by atoms with van der Waals surface area (Å²) in [6.07, 6.45) is 4.76. The van der Waals surface area contributed by atoms with Crippen molar-refractivity contribution in [2.24, 2.45) is 0 Å². The summed E-state index contributed by atoms with van der Waals surface area (Å²) in [5, 5.41) is 3.37. The summed E-state index contributed by atoms with van der Waals surface area (Å²) < 4.78 is 6.89. The molecule has 23 heavy (non-hydrogen) atoms. The highest BCUT2D eigenvalue weighted by Gasteiger charge is 2.16. The van der Waals surface area contributed by atoms with E-state index in [0.717, 1.165) is 29.1 Å². The summed E-state index contributed by atoms with van der Waals surface area (Å²) >= 11 is 1.51. The van der Waals surface area contributed by atoms with E-state index in [0.29, 0.717) is 13.2 Å². The number of rotatable bonds is 10. The lowest BCUT2D eigenvalue weighted by atomic mass is 10.1. The average Bonchev–Trinajstić information content (AvgIpc) is 2.90. The zero-order valence-electron chi connectivity index (χ0n) is 14.0. The van der Waals surface area contributed by atoms with Crippen molar-refractivity contribution in [1.82, 2.24) is 3.96 Å². The van der Waals surface area contributed by atoms with Gasteiger partial charge in [-0.1, -0.05) is 68.1 Å². The van der Waals surface area contributed by atoms with Crippen molar-refractivity contribution >= 4 is 17.2 Å². The lowest BCUT2D eigenvalue weighted by molar-refractivity contribution is 0.189. The average molecular weight is 334 g/mol. The molecule has 1 aromatic carbocycles. The van der Waals surface area contributed by atoms with Crippen molar-refractivity contribution in [3.05, 3.63) is 40.7 Å². The van der Waals surface area contributed by atoms with Gasteiger partial charge in [0.05, 0.1) is 18.0 Å². The van der Waals surface area contributed by atoms with Crippen LogP contribution in [0.2, 0.25) is 0 Å². The van der Waals surface area contributed by atoms with Gasteiger partial charge < -0.3 is 10.1 Å². The SMILES string of the molecule is CCCCCCNc1c(-c2ccccc2)sn(CCOC)c1=O. The molecule has 2 aromatic rings. The fourth-order valence-electron chi connectivity index (χ4n) is 2.45. The number of nitrogens with one attached hydrogen (secondary N) is 1. The number of aromatic nitrogens is 1. The number of unbranched alkanes of at least 4 members (excludes halogenated alkanes) is 3. The number of nitrogens with zero attached hydrogens (tertiary/aromatic N) is 1. The molecular formula is C18H26N2O2S. The predicted octanol–water partition coefficient (Wildman–Crippen LogP) is 4.22. The largest absolute Gasteiger partial charge is 0.383 e. The van der Waals surface area contributed by atoms with Crippen LogP contribution in [0.25, 0.3) is 10.4 Å². The fourth-order valence-corrected chi connectivity index (χ4v) is 3.50. The Bertz CT molecular complexity index is 634. The minimum atomic E-state index is 0.0568. The normalized spacial score (nSPS) is 10.9. The Morgan fingerprint density at radius 3 is 2.65 bits per heavy atom. The van der Waals surface area contributed by atoms with E-state index in [4.69, 9.17) is 4.74 Å². The number of hydrogen-bond acceptors (Lipinski definition) is 4. The molecule has 0 aliphatic rings. The van der Waals surface area contributed by atoms with E-state index in [1.807, 2.05) is 30.3 Å². The molecule has 126 valence electrons. The van der Waals surface area contributed by atoms with Crippen LogP contribution in [0.3, 0.4) is 0 Å². The Hall–Kier alpha value is -1.59. The first-order chi connectivity index (χ1) is 11.3. The number of hydrogen-bond donors (Lipinski definition) is 1. The highest BCUT2D eigenvalue weighted by atomic mass is 32.1. The monoisotopic (exact) mass is 334 g/mol. The van der Waals surface area contributed by atoms with Crippen molar-refractivity contribution in [2.45, 2.75) is 39.2 Å². The number of anilines is 1. The summed E-state index contributed by atoms with van der Waals surface area (Å²) in [6, 6.07) is 10.1. The third-order valence-electron chi connectivity index (χ3n) is 3.74. The topological polar surface area (TPSA) is 43.3 Å². The molecule has 0 aliphatic carbocycles. The van der Waals surface area contributed by atoms with Crippen LogP contribution in [0.4, 0.5) is 5.69 Å². The smallest absolute Gasteiger partial charge is 0.284 e. The van der Waals surface area contributed by atoms with Gasteiger partial charge in [-0.3, -0.25) is 8.75 Å². The van der Waals surface area contributed by atoms with Crippen molar-refractivity contribution in [3.63, 3.8) is 0 Å². The zero-order chi connectivity index (χ0) is 16.5. The molecule has 0 atom stereocenters. The van der Waals surface area contributed by atoms with Gasteiger partial charge in [-0.2, -0.15) is 0 Å². The Kier molecular flexibility index (Phi) is 7.36. The van der Waals surface area contributed by atoms with Crippen LogP contribution >= 0.6 is 11.5 Å². The van der Waals surface area contributed by atoms with E-state index in [-0.39, 0.29) is 5.56 Å². The predicted molar refractivity (Wildman–Crippen MR) is 98.5 cm³/mol. The molecule has 4 nitrogen and oxygen atoms in total. The Balaban J connectivity index is 2.19. The molecule has 0 amide bonds. The summed E-state index contributed by atoms with van der Waals surface area (Å²) in [6.45, 7) is 4.19. The standard InChI is InChI=1S/C18H26N2O2S/c1-3-4-5-9-12-19-16-17(15-10-7-6-8-11-15)23-20(18(16)21)13-14-22-2/h6-8,10-11,19H,3-5,9,12-14H2,1-2H3. The summed E-state index contributed by atoms with van der Waals surface area (Å²) in [5.41, 5.74) is 1.87. The van der Waals surface area contributed by atoms with Crippen molar-refractivity contribution in [2.75, 3.05) is 25.6 Å². The maximum atomic E-state index is 12.6. The van der Waals surface area contributed by atoms with Crippen LogP contribution in [0.15, 0.2) is 35.1 Å². The first kappa shape index (κ1) is 17.8. The summed E-state index contributed by atoms with van der Waals surface area (Å²) in [5.74, 6) is 0. The molecule has 2 rings (SSSR count). The van der Waals surface area contributed by atoms with E-state index < -0.39 is 0 Å². The van der Waals surface area contributed by atoms with Crippen LogP contribution < -0.4 is 10.9 Å². The van der Waals surface area contributed by atoms with Crippen LogP contribution in [-0.2, 0) is 11.3 Å². The van der Waals surface area contributed by atoms with Gasteiger partial charge in [0.2, 0.25) is 0 Å². The Morgan fingerprint density at radius 1 is 1.17 bits per heavy atom. The minimum Gasteiger partial charge on any atom is -0.383 e. The molecular weight excluding hydrogens is 308 g/mol. The molecule has 1 aromatic heterocycles. The van der Waals surface area contributed by atoms with Gasteiger partial charge in [-0.15, -0.1) is 0 Å². The van der Waals surface area contributed by atoms with Crippen molar-refractivity contribution < 1.29 is 4.74 Å². The molecule has 0 aliphatic heterocycles. The Labute approximate surface area is 142 Å². The first-order valence-corrected chi connectivity index (χ1v) is 9.07. The molecule has 1 N–H and O–H groups in total. The molecule has 0 saturated carbocycles. The van der Waals surface area contributed by atoms with Crippen LogP contribution in [0.5, 0.6) is 0 Å².